The predicted molar refractivity (Wildman–Crippen MR) is 35.8 cm³/mol. The molecule has 0 aliphatic rings. The third-order valence-electron chi connectivity index (χ3n) is 0.559. The summed E-state index contributed by atoms with van der Waals surface area (Å²) in [6.45, 7) is 5.26. The Bertz CT molecular complexity index is 73.7. The molecule has 3 nitrogen and oxygen atoms in total. The minimum Gasteiger partial charge on any atom is -0.329 e. The van der Waals surface area contributed by atoms with Gasteiger partial charge in [0, 0.05) is 18.8 Å². The highest BCUT2D eigenvalue weighted by molar-refractivity contribution is 5.78. The van der Waals surface area contributed by atoms with Crippen LogP contribution >= 0.6 is 0 Å². The summed E-state index contributed by atoms with van der Waals surface area (Å²) in [6.07, 6.45) is 0. The van der Waals surface area contributed by atoms with Crippen LogP contribution in [0, 0.1) is 0 Å². The van der Waals surface area contributed by atoms with Crippen molar-refractivity contribution in [3.05, 3.63) is 0 Å². The molecule has 0 atom stereocenters. The van der Waals surface area contributed by atoms with Crippen molar-refractivity contribution >= 4 is 5.71 Å². The lowest BCUT2D eigenvalue weighted by molar-refractivity contribution is 0.739. The third kappa shape index (κ3) is 5.43. The lowest BCUT2D eigenvalue weighted by atomic mass is 10.5. The van der Waals surface area contributed by atoms with E-state index < -0.39 is 0 Å². The Morgan fingerprint density at radius 2 is 2.25 bits per heavy atom. The second-order valence-electron chi connectivity index (χ2n) is 1.76. The van der Waals surface area contributed by atoms with Crippen LogP contribution in [0.1, 0.15) is 13.8 Å². The van der Waals surface area contributed by atoms with Gasteiger partial charge in [-0.1, -0.05) is 0 Å². The Morgan fingerprint density at radius 3 is 2.62 bits per heavy atom. The lowest BCUT2D eigenvalue weighted by Gasteiger charge is -1.94. The zero-order valence-electron chi connectivity index (χ0n) is 5.44. The second-order valence-corrected chi connectivity index (χ2v) is 1.76. The molecule has 0 fully saturated rings. The largest absolute Gasteiger partial charge is 0.329 e. The molecule has 0 radical (unpaired) electrons. The summed E-state index contributed by atoms with van der Waals surface area (Å²) in [7, 11) is 0. The van der Waals surface area contributed by atoms with Gasteiger partial charge in [-0.05, 0) is 13.8 Å². The molecule has 0 aromatic heterocycles. The summed E-state index contributed by atoms with van der Waals surface area (Å²) in [5.41, 5.74) is 9.01. The smallest absolute Gasteiger partial charge is 0.0452 e. The van der Waals surface area contributed by atoms with E-state index in [4.69, 9.17) is 5.73 Å². The van der Waals surface area contributed by atoms with Crippen LogP contribution < -0.4 is 11.2 Å². The van der Waals surface area contributed by atoms with E-state index in [9.17, 15) is 0 Å². The van der Waals surface area contributed by atoms with Gasteiger partial charge in [-0.15, -0.1) is 0 Å². The topological polar surface area (TPSA) is 50.4 Å². The van der Waals surface area contributed by atoms with Crippen molar-refractivity contribution in [1.82, 2.24) is 5.43 Å². The van der Waals surface area contributed by atoms with Crippen LogP contribution in [0.4, 0.5) is 0 Å². The molecule has 0 heterocycles. The standard InChI is InChI=1S/C5H13N3/c1-5(2)8-7-4-3-6/h7H,3-4,6H2,1-2H3. The van der Waals surface area contributed by atoms with Gasteiger partial charge in [0.25, 0.3) is 0 Å². The van der Waals surface area contributed by atoms with Gasteiger partial charge in [-0.25, -0.2) is 0 Å². The number of hydrazone groups is 1. The van der Waals surface area contributed by atoms with Gasteiger partial charge >= 0.3 is 0 Å². The molecule has 0 aliphatic heterocycles. The van der Waals surface area contributed by atoms with Gasteiger partial charge in [0.2, 0.25) is 0 Å². The molecular weight excluding hydrogens is 102 g/mol. The van der Waals surface area contributed by atoms with Gasteiger partial charge < -0.3 is 11.2 Å². The van der Waals surface area contributed by atoms with Crippen LogP contribution in [0.3, 0.4) is 0 Å². The highest BCUT2D eigenvalue weighted by atomic mass is 15.3. The Hall–Kier alpha value is -0.570. The minimum absolute atomic E-state index is 0.636. The zero-order chi connectivity index (χ0) is 6.41. The van der Waals surface area contributed by atoms with Gasteiger partial charge in [-0.3, -0.25) is 0 Å². The van der Waals surface area contributed by atoms with Gasteiger partial charge in [0.1, 0.15) is 0 Å². The maximum absolute atomic E-state index is 5.18. The van der Waals surface area contributed by atoms with Crippen LogP contribution in [-0.2, 0) is 0 Å². The van der Waals surface area contributed by atoms with Crippen molar-refractivity contribution in [2.45, 2.75) is 13.8 Å². The molecule has 8 heavy (non-hydrogen) atoms. The number of nitrogens with zero attached hydrogens (tertiary/aromatic N) is 1. The summed E-state index contributed by atoms with van der Waals surface area (Å²) in [5.74, 6) is 0. The first-order valence-electron chi connectivity index (χ1n) is 2.71. The molecule has 0 amide bonds. The average Bonchev–Trinajstić information content (AvgIpc) is 1.66. The highest BCUT2D eigenvalue weighted by Crippen LogP contribution is 1.66. The van der Waals surface area contributed by atoms with Crippen molar-refractivity contribution in [3.8, 4) is 0 Å². The highest BCUT2D eigenvalue weighted by Gasteiger charge is 1.75. The number of hydrogen-bond donors (Lipinski definition) is 2. The van der Waals surface area contributed by atoms with E-state index >= 15 is 0 Å². The minimum atomic E-state index is 0.636. The maximum Gasteiger partial charge on any atom is 0.0452 e. The van der Waals surface area contributed by atoms with Crippen LogP contribution in [0.2, 0.25) is 0 Å². The van der Waals surface area contributed by atoms with Gasteiger partial charge in [-0.2, -0.15) is 5.10 Å². The molecule has 0 aromatic carbocycles. The van der Waals surface area contributed by atoms with Crippen molar-refractivity contribution < 1.29 is 0 Å². The first kappa shape index (κ1) is 7.43. The molecule has 0 saturated heterocycles. The summed E-state index contributed by atoms with van der Waals surface area (Å²) in [5, 5.41) is 3.90. The Morgan fingerprint density at radius 1 is 1.62 bits per heavy atom. The Labute approximate surface area is 50.0 Å². The third-order valence-corrected chi connectivity index (χ3v) is 0.559. The van der Waals surface area contributed by atoms with Gasteiger partial charge in [0.15, 0.2) is 0 Å². The van der Waals surface area contributed by atoms with E-state index in [1.54, 1.807) is 0 Å². The van der Waals surface area contributed by atoms with Crippen LogP contribution in [0.25, 0.3) is 0 Å². The van der Waals surface area contributed by atoms with Crippen molar-refractivity contribution in [2.75, 3.05) is 13.1 Å². The summed E-state index contributed by atoms with van der Waals surface area (Å²) in [6, 6.07) is 0. The fourth-order valence-electron chi connectivity index (χ4n) is 0.279. The van der Waals surface area contributed by atoms with E-state index in [0.29, 0.717) is 6.54 Å². The van der Waals surface area contributed by atoms with Crippen LogP contribution in [-0.4, -0.2) is 18.8 Å². The van der Waals surface area contributed by atoms with Crippen molar-refractivity contribution in [3.63, 3.8) is 0 Å². The lowest BCUT2D eigenvalue weighted by Crippen LogP contribution is -2.18. The molecule has 0 aliphatic carbocycles. The summed E-state index contributed by atoms with van der Waals surface area (Å²) >= 11 is 0. The molecule has 0 rings (SSSR count). The quantitative estimate of drug-likeness (QED) is 0.307. The van der Waals surface area contributed by atoms with E-state index in [1.165, 1.54) is 0 Å². The summed E-state index contributed by atoms with van der Waals surface area (Å²) < 4.78 is 0. The average molecular weight is 115 g/mol. The molecule has 0 unspecified atom stereocenters. The molecule has 0 aromatic rings. The predicted octanol–water partition coefficient (Wildman–Crippen LogP) is -0.0695. The monoisotopic (exact) mass is 115 g/mol. The SMILES string of the molecule is CC(C)=NNCCN. The molecule has 0 saturated carbocycles. The van der Waals surface area contributed by atoms with E-state index in [0.717, 1.165) is 12.3 Å². The van der Waals surface area contributed by atoms with Crippen LogP contribution in [0.15, 0.2) is 5.10 Å². The van der Waals surface area contributed by atoms with Crippen molar-refractivity contribution in [1.29, 1.82) is 0 Å². The second kappa shape index (κ2) is 4.59. The zero-order valence-corrected chi connectivity index (χ0v) is 5.44. The number of nitrogens with two attached hydrogens (primary N) is 1. The number of rotatable bonds is 3. The fourth-order valence-corrected chi connectivity index (χ4v) is 0.279. The first-order chi connectivity index (χ1) is 3.77. The normalized spacial score (nSPS) is 8.38. The van der Waals surface area contributed by atoms with Gasteiger partial charge in [0.05, 0.1) is 0 Å². The van der Waals surface area contributed by atoms with Crippen molar-refractivity contribution in [2.24, 2.45) is 10.8 Å². The van der Waals surface area contributed by atoms with Crippen LogP contribution in [0.5, 0.6) is 0 Å². The summed E-state index contributed by atoms with van der Waals surface area (Å²) in [4.78, 5) is 0. The fraction of sp³-hybridized carbons (Fsp3) is 0.800. The Kier molecular flexibility index (Phi) is 4.26. The molecule has 3 heteroatoms. The molecule has 48 valence electrons. The molecule has 3 N–H and O–H groups in total. The van der Waals surface area contributed by atoms with E-state index in [2.05, 4.69) is 10.5 Å². The Balaban J connectivity index is 3.03. The first-order valence-corrected chi connectivity index (χ1v) is 2.71. The number of nitrogens with one attached hydrogen (secondary N) is 1. The van der Waals surface area contributed by atoms with E-state index in [1.807, 2.05) is 13.8 Å². The molecular formula is C5H13N3. The number of hydrogen-bond acceptors (Lipinski definition) is 3. The molecule has 0 spiro atoms. The maximum atomic E-state index is 5.18. The van der Waals surface area contributed by atoms with E-state index in [-0.39, 0.29) is 0 Å². The molecule has 0 bridgehead atoms.